The molecular weight excluding hydrogens is 432 g/mol. The predicted octanol–water partition coefficient (Wildman–Crippen LogP) is 4.76. The van der Waals surface area contributed by atoms with Gasteiger partial charge in [0.1, 0.15) is 22.4 Å². The van der Waals surface area contributed by atoms with Gasteiger partial charge < -0.3 is 18.8 Å². The van der Waals surface area contributed by atoms with Crippen LogP contribution in [0.3, 0.4) is 0 Å². The van der Waals surface area contributed by atoms with Gasteiger partial charge >= 0.3 is 0 Å². The molecular formula is C22H20N4O3S2. The number of nitrogens with zero attached hydrogens (tertiary/aromatic N) is 4. The molecule has 0 unspecified atom stereocenters. The van der Waals surface area contributed by atoms with Gasteiger partial charge in [-0.05, 0) is 47.1 Å². The second-order valence-corrected chi connectivity index (χ2v) is 8.67. The molecule has 0 amide bonds. The molecule has 1 saturated heterocycles. The van der Waals surface area contributed by atoms with Crippen LogP contribution in [0.1, 0.15) is 5.56 Å². The zero-order valence-corrected chi connectivity index (χ0v) is 18.3. The van der Waals surface area contributed by atoms with Crippen molar-refractivity contribution in [1.29, 1.82) is 0 Å². The first-order chi connectivity index (χ1) is 15.3. The van der Waals surface area contributed by atoms with Crippen LogP contribution in [0.2, 0.25) is 0 Å². The van der Waals surface area contributed by atoms with Gasteiger partial charge in [-0.15, -0.1) is 0 Å². The summed E-state index contributed by atoms with van der Waals surface area (Å²) in [7, 11) is 0. The highest BCUT2D eigenvalue weighted by molar-refractivity contribution is 7.99. The van der Waals surface area contributed by atoms with E-state index in [1.165, 1.54) is 23.3 Å². The van der Waals surface area contributed by atoms with Crippen LogP contribution >= 0.6 is 23.3 Å². The Morgan fingerprint density at radius 3 is 2.74 bits per heavy atom. The number of hydrogen-bond donors (Lipinski definition) is 0. The van der Waals surface area contributed by atoms with Crippen LogP contribution in [0.5, 0.6) is 5.88 Å². The van der Waals surface area contributed by atoms with Crippen molar-refractivity contribution in [3.05, 3.63) is 66.6 Å². The molecule has 3 aromatic heterocycles. The number of rotatable bonds is 7. The molecule has 7 nitrogen and oxygen atoms in total. The van der Waals surface area contributed by atoms with Gasteiger partial charge in [-0.2, -0.15) is 4.37 Å². The lowest BCUT2D eigenvalue weighted by molar-refractivity contribution is 0.122. The van der Waals surface area contributed by atoms with Crippen molar-refractivity contribution in [3.8, 4) is 16.5 Å². The Morgan fingerprint density at radius 2 is 1.94 bits per heavy atom. The van der Waals surface area contributed by atoms with Crippen molar-refractivity contribution in [2.24, 2.45) is 0 Å². The normalized spacial score (nSPS) is 14.0. The molecule has 31 heavy (non-hydrogen) atoms. The molecule has 5 rings (SSSR count). The smallest absolute Gasteiger partial charge is 0.259 e. The minimum atomic E-state index is 0.431. The number of morpholine rings is 1. The number of anilines is 1. The van der Waals surface area contributed by atoms with Crippen LogP contribution in [0, 0.1) is 0 Å². The molecule has 0 saturated carbocycles. The molecule has 9 heteroatoms. The third-order valence-corrected chi connectivity index (χ3v) is 6.43. The summed E-state index contributed by atoms with van der Waals surface area (Å²) in [6.45, 7) is 3.30. The molecule has 158 valence electrons. The van der Waals surface area contributed by atoms with Gasteiger partial charge in [0.05, 0.1) is 30.6 Å². The summed E-state index contributed by atoms with van der Waals surface area (Å²) >= 11 is 2.86. The number of ether oxygens (including phenoxy) is 2. The van der Waals surface area contributed by atoms with E-state index < -0.39 is 0 Å². The first kappa shape index (κ1) is 20.0. The molecule has 1 aliphatic rings. The highest BCUT2D eigenvalue weighted by Gasteiger charge is 2.20. The van der Waals surface area contributed by atoms with E-state index in [9.17, 15) is 0 Å². The van der Waals surface area contributed by atoms with Crippen LogP contribution in [0.4, 0.5) is 5.82 Å². The zero-order chi connectivity index (χ0) is 20.9. The van der Waals surface area contributed by atoms with E-state index in [2.05, 4.69) is 14.3 Å². The van der Waals surface area contributed by atoms with E-state index in [0.29, 0.717) is 25.7 Å². The SMILES string of the molecule is c1ccc(COc2nc(Sc3cc(-c4ccco4)sn3)cnc2N2CCOCC2)cc1. The Bertz CT molecular complexity index is 1110. The molecule has 0 spiro atoms. The lowest BCUT2D eigenvalue weighted by atomic mass is 10.2. The van der Waals surface area contributed by atoms with Crippen molar-refractivity contribution in [2.75, 3.05) is 31.2 Å². The summed E-state index contributed by atoms with van der Waals surface area (Å²) in [6.07, 6.45) is 3.44. The van der Waals surface area contributed by atoms with Crippen LogP contribution in [-0.4, -0.2) is 40.6 Å². The first-order valence-corrected chi connectivity index (χ1v) is 11.5. The molecule has 1 aliphatic heterocycles. The second kappa shape index (κ2) is 9.51. The van der Waals surface area contributed by atoms with Crippen LogP contribution < -0.4 is 9.64 Å². The first-order valence-electron chi connectivity index (χ1n) is 9.90. The summed E-state index contributed by atoms with van der Waals surface area (Å²) < 4.78 is 21.6. The van der Waals surface area contributed by atoms with E-state index in [-0.39, 0.29) is 0 Å². The summed E-state index contributed by atoms with van der Waals surface area (Å²) in [4.78, 5) is 12.6. The lowest BCUT2D eigenvalue weighted by Crippen LogP contribution is -2.37. The molecule has 4 heterocycles. The molecule has 0 bridgehead atoms. The fourth-order valence-corrected chi connectivity index (χ4v) is 4.74. The predicted molar refractivity (Wildman–Crippen MR) is 120 cm³/mol. The van der Waals surface area contributed by atoms with Crippen molar-refractivity contribution < 1.29 is 13.9 Å². The number of furan rings is 1. The van der Waals surface area contributed by atoms with E-state index in [1.807, 2.05) is 48.5 Å². The summed E-state index contributed by atoms with van der Waals surface area (Å²) in [5.41, 5.74) is 1.08. The largest absolute Gasteiger partial charge is 0.470 e. The molecule has 1 fully saturated rings. The average molecular weight is 453 g/mol. The monoisotopic (exact) mass is 452 g/mol. The summed E-state index contributed by atoms with van der Waals surface area (Å²) in [6, 6.07) is 15.8. The Labute approximate surface area is 188 Å². The molecule has 0 radical (unpaired) electrons. The van der Waals surface area contributed by atoms with Crippen molar-refractivity contribution >= 4 is 29.1 Å². The fourth-order valence-electron chi connectivity index (χ4n) is 3.16. The highest BCUT2D eigenvalue weighted by atomic mass is 32.2. The second-order valence-electron chi connectivity index (χ2n) is 6.82. The van der Waals surface area contributed by atoms with Gasteiger partial charge in [0.15, 0.2) is 5.82 Å². The summed E-state index contributed by atoms with van der Waals surface area (Å²) in [5, 5.41) is 1.58. The Morgan fingerprint density at radius 1 is 1.06 bits per heavy atom. The van der Waals surface area contributed by atoms with E-state index in [0.717, 1.165) is 45.2 Å². The van der Waals surface area contributed by atoms with Gasteiger partial charge in [-0.1, -0.05) is 30.3 Å². The Hall–Kier alpha value is -2.88. The zero-order valence-electron chi connectivity index (χ0n) is 16.6. The van der Waals surface area contributed by atoms with Gasteiger partial charge in [0.25, 0.3) is 5.88 Å². The fraction of sp³-hybridized carbons (Fsp3) is 0.227. The molecule has 0 N–H and O–H groups in total. The topological polar surface area (TPSA) is 73.5 Å². The quantitative estimate of drug-likeness (QED) is 0.397. The molecule has 1 aromatic carbocycles. The maximum atomic E-state index is 6.12. The van der Waals surface area contributed by atoms with Crippen molar-refractivity contribution in [3.63, 3.8) is 0 Å². The van der Waals surface area contributed by atoms with Gasteiger partial charge in [0.2, 0.25) is 0 Å². The van der Waals surface area contributed by atoms with Gasteiger partial charge in [-0.3, -0.25) is 0 Å². The molecule has 0 atom stereocenters. The van der Waals surface area contributed by atoms with Crippen molar-refractivity contribution in [2.45, 2.75) is 16.7 Å². The minimum Gasteiger partial charge on any atom is -0.470 e. The van der Waals surface area contributed by atoms with E-state index in [4.69, 9.17) is 18.9 Å². The third-order valence-electron chi connectivity index (χ3n) is 4.69. The lowest BCUT2D eigenvalue weighted by Gasteiger charge is -2.28. The van der Waals surface area contributed by atoms with E-state index in [1.54, 1.807) is 12.5 Å². The minimum absolute atomic E-state index is 0.431. The van der Waals surface area contributed by atoms with Crippen LogP contribution in [-0.2, 0) is 11.3 Å². The highest BCUT2D eigenvalue weighted by Crippen LogP contribution is 2.35. The molecule has 4 aromatic rings. The third kappa shape index (κ3) is 4.90. The van der Waals surface area contributed by atoms with Gasteiger partial charge in [-0.25, -0.2) is 9.97 Å². The number of hydrogen-bond acceptors (Lipinski definition) is 9. The van der Waals surface area contributed by atoms with Crippen LogP contribution in [0.15, 0.2) is 75.5 Å². The van der Waals surface area contributed by atoms with Gasteiger partial charge in [0, 0.05) is 13.1 Å². The van der Waals surface area contributed by atoms with Crippen LogP contribution in [0.25, 0.3) is 10.6 Å². The van der Waals surface area contributed by atoms with E-state index >= 15 is 0 Å². The summed E-state index contributed by atoms with van der Waals surface area (Å²) in [5.74, 6) is 2.08. The Balaban J connectivity index is 1.37. The Kier molecular flexibility index (Phi) is 6.15. The standard InChI is InChI=1S/C22H20N4O3S2/c1-2-5-16(6-3-1)15-29-22-21(26-8-11-27-12-9-26)23-14-20(24-22)30-19-13-18(31-25-19)17-7-4-10-28-17/h1-7,10,13-14H,8-9,11-12,15H2. The average Bonchev–Trinajstić information content (AvgIpc) is 3.51. The maximum Gasteiger partial charge on any atom is 0.259 e. The van der Waals surface area contributed by atoms with Crippen molar-refractivity contribution in [1.82, 2.24) is 14.3 Å². The number of benzene rings is 1. The maximum absolute atomic E-state index is 6.12. The number of aromatic nitrogens is 3. The molecule has 0 aliphatic carbocycles.